The van der Waals surface area contributed by atoms with E-state index < -0.39 is 12.0 Å². The Hall–Kier alpha value is -2.33. The number of carbonyl (C=O) groups excluding carboxylic acids is 1. The molecule has 3 atom stereocenters. The molecule has 2 aromatic carbocycles. The molecule has 1 saturated heterocycles. The Bertz CT molecular complexity index is 637. The summed E-state index contributed by atoms with van der Waals surface area (Å²) in [6.07, 6.45) is -0.698. The Balaban J connectivity index is 1.99. The number of rotatable bonds is 3. The molecule has 4 heteroatoms. The Morgan fingerprint density at radius 2 is 1.67 bits per heavy atom. The van der Waals surface area contributed by atoms with E-state index in [1.807, 2.05) is 30.3 Å². The molecule has 1 aliphatic rings. The number of carbonyl (C=O) groups is 1. The monoisotopic (exact) mass is 283 g/mol. The highest BCUT2D eigenvalue weighted by molar-refractivity contribution is 6.03. The maximum absolute atomic E-state index is 12.4. The molecule has 0 radical (unpaired) electrons. The molecule has 1 fully saturated rings. The van der Waals surface area contributed by atoms with E-state index in [0.29, 0.717) is 0 Å². The summed E-state index contributed by atoms with van der Waals surface area (Å²) in [5, 5.41) is 19.3. The molecule has 0 bridgehead atoms. The predicted molar refractivity (Wildman–Crippen MR) is 79.9 cm³/mol. The predicted octanol–water partition coefficient (Wildman–Crippen LogP) is 2.48. The summed E-state index contributed by atoms with van der Waals surface area (Å²) in [5.74, 6) is -0.360. The molecule has 0 unspecified atom stereocenters. The minimum absolute atomic E-state index is 0.0930. The SMILES string of the molecule is C[C@@H](O)[C@H]1C(=O)N(c2ccc(O)cc2)[C@@H]1c1ccccc1. The van der Waals surface area contributed by atoms with Crippen molar-refractivity contribution < 1.29 is 15.0 Å². The summed E-state index contributed by atoms with van der Waals surface area (Å²) in [6.45, 7) is 1.65. The Kier molecular flexibility index (Phi) is 3.39. The first-order chi connectivity index (χ1) is 10.1. The van der Waals surface area contributed by atoms with Crippen LogP contribution in [-0.2, 0) is 4.79 Å². The highest BCUT2D eigenvalue weighted by Gasteiger charge is 2.50. The van der Waals surface area contributed by atoms with Crippen molar-refractivity contribution in [1.82, 2.24) is 0 Å². The third-order valence-corrected chi connectivity index (χ3v) is 3.93. The van der Waals surface area contributed by atoms with E-state index in [1.54, 1.807) is 36.1 Å². The van der Waals surface area contributed by atoms with Crippen LogP contribution in [0.1, 0.15) is 18.5 Å². The molecule has 2 N–H and O–H groups in total. The molecule has 2 aromatic rings. The fourth-order valence-electron chi connectivity index (χ4n) is 2.89. The number of phenols is 1. The number of β-lactam (4-membered cyclic amide) rings is 1. The summed E-state index contributed by atoms with van der Waals surface area (Å²) in [7, 11) is 0. The number of aliphatic hydroxyl groups is 1. The number of amides is 1. The van der Waals surface area contributed by atoms with Crippen LogP contribution in [0.5, 0.6) is 5.75 Å². The fraction of sp³-hybridized carbons (Fsp3) is 0.235. The van der Waals surface area contributed by atoms with Crippen LogP contribution in [0.4, 0.5) is 5.69 Å². The van der Waals surface area contributed by atoms with Gasteiger partial charge in [0.15, 0.2) is 0 Å². The van der Waals surface area contributed by atoms with Crippen molar-refractivity contribution >= 4 is 11.6 Å². The standard InChI is InChI=1S/C17H17NO3/c1-11(19)15-16(12-5-3-2-4-6-12)18(17(15)21)13-7-9-14(20)10-8-13/h2-11,15-16,19-20H,1H3/t11-,15-,16-/m1/s1. The van der Waals surface area contributed by atoms with Gasteiger partial charge in [-0.15, -0.1) is 0 Å². The Labute approximate surface area is 123 Å². The average molecular weight is 283 g/mol. The number of aromatic hydroxyl groups is 1. The van der Waals surface area contributed by atoms with Crippen LogP contribution in [0.25, 0.3) is 0 Å². The summed E-state index contributed by atoms with van der Waals surface area (Å²) in [4.78, 5) is 14.0. The molecule has 1 amide bonds. The number of hydrogen-bond donors (Lipinski definition) is 2. The van der Waals surface area contributed by atoms with Gasteiger partial charge in [-0.1, -0.05) is 30.3 Å². The van der Waals surface area contributed by atoms with Crippen molar-refractivity contribution in [3.05, 3.63) is 60.2 Å². The lowest BCUT2D eigenvalue weighted by molar-refractivity contribution is -0.135. The number of nitrogens with zero attached hydrogens (tertiary/aromatic N) is 1. The van der Waals surface area contributed by atoms with E-state index >= 15 is 0 Å². The normalized spacial score (nSPS) is 22.8. The zero-order valence-electron chi connectivity index (χ0n) is 11.7. The van der Waals surface area contributed by atoms with Gasteiger partial charge in [0.25, 0.3) is 0 Å². The van der Waals surface area contributed by atoms with Crippen molar-refractivity contribution in [2.75, 3.05) is 4.90 Å². The molecule has 1 heterocycles. The van der Waals surface area contributed by atoms with E-state index in [0.717, 1.165) is 11.3 Å². The minimum atomic E-state index is -0.698. The van der Waals surface area contributed by atoms with Crippen molar-refractivity contribution in [1.29, 1.82) is 0 Å². The lowest BCUT2D eigenvalue weighted by Gasteiger charge is -2.48. The van der Waals surface area contributed by atoms with Crippen LogP contribution < -0.4 is 4.90 Å². The molecule has 0 saturated carbocycles. The Morgan fingerprint density at radius 1 is 1.05 bits per heavy atom. The first kappa shape index (κ1) is 13.6. The summed E-state index contributed by atoms with van der Waals surface area (Å²) >= 11 is 0. The van der Waals surface area contributed by atoms with E-state index in [4.69, 9.17) is 0 Å². The van der Waals surface area contributed by atoms with Crippen LogP contribution in [0.15, 0.2) is 54.6 Å². The van der Waals surface area contributed by atoms with E-state index in [1.165, 1.54) is 0 Å². The Morgan fingerprint density at radius 3 is 2.24 bits per heavy atom. The highest BCUT2D eigenvalue weighted by Crippen LogP contribution is 2.45. The van der Waals surface area contributed by atoms with Crippen molar-refractivity contribution in [2.45, 2.75) is 19.1 Å². The molecule has 108 valence electrons. The third-order valence-electron chi connectivity index (χ3n) is 3.93. The van der Waals surface area contributed by atoms with Gasteiger partial charge < -0.3 is 15.1 Å². The molecule has 4 nitrogen and oxygen atoms in total. The van der Waals surface area contributed by atoms with Gasteiger partial charge in [-0.2, -0.15) is 0 Å². The maximum Gasteiger partial charge on any atom is 0.235 e. The minimum Gasteiger partial charge on any atom is -0.508 e. The fourth-order valence-corrected chi connectivity index (χ4v) is 2.89. The van der Waals surface area contributed by atoms with Crippen LogP contribution in [-0.4, -0.2) is 22.2 Å². The maximum atomic E-state index is 12.4. The van der Waals surface area contributed by atoms with Crippen LogP contribution in [0, 0.1) is 5.92 Å². The van der Waals surface area contributed by atoms with Gasteiger partial charge in [-0.25, -0.2) is 0 Å². The zero-order chi connectivity index (χ0) is 15.0. The molecule has 1 aliphatic heterocycles. The van der Waals surface area contributed by atoms with E-state index in [9.17, 15) is 15.0 Å². The van der Waals surface area contributed by atoms with Crippen molar-refractivity contribution in [3.8, 4) is 5.75 Å². The van der Waals surface area contributed by atoms with Gasteiger partial charge in [-0.05, 0) is 36.8 Å². The first-order valence-electron chi connectivity index (χ1n) is 6.94. The second kappa shape index (κ2) is 5.22. The first-order valence-corrected chi connectivity index (χ1v) is 6.94. The highest BCUT2D eigenvalue weighted by atomic mass is 16.3. The summed E-state index contributed by atoms with van der Waals surface area (Å²) in [6, 6.07) is 16.0. The van der Waals surface area contributed by atoms with Gasteiger partial charge in [-0.3, -0.25) is 4.79 Å². The molecular formula is C17H17NO3. The van der Waals surface area contributed by atoms with E-state index in [-0.39, 0.29) is 17.7 Å². The number of benzene rings is 2. The molecule has 0 spiro atoms. The van der Waals surface area contributed by atoms with Crippen LogP contribution in [0.2, 0.25) is 0 Å². The largest absolute Gasteiger partial charge is 0.508 e. The molecule has 0 aromatic heterocycles. The zero-order valence-corrected chi connectivity index (χ0v) is 11.7. The smallest absolute Gasteiger partial charge is 0.235 e. The van der Waals surface area contributed by atoms with Crippen LogP contribution >= 0.6 is 0 Å². The van der Waals surface area contributed by atoms with Gasteiger partial charge in [0, 0.05) is 5.69 Å². The molecule has 21 heavy (non-hydrogen) atoms. The number of hydrogen-bond acceptors (Lipinski definition) is 3. The number of aliphatic hydroxyl groups excluding tert-OH is 1. The second-order valence-corrected chi connectivity index (χ2v) is 5.35. The summed E-state index contributed by atoms with van der Waals surface area (Å²) in [5.41, 5.74) is 1.72. The average Bonchev–Trinajstić information content (AvgIpc) is 2.47. The molecular weight excluding hydrogens is 266 g/mol. The topological polar surface area (TPSA) is 60.8 Å². The number of anilines is 1. The summed E-state index contributed by atoms with van der Waals surface area (Å²) < 4.78 is 0. The third kappa shape index (κ3) is 2.28. The van der Waals surface area contributed by atoms with Gasteiger partial charge in [0.1, 0.15) is 5.75 Å². The van der Waals surface area contributed by atoms with E-state index in [2.05, 4.69) is 0 Å². The number of phenolic OH excluding ortho intramolecular Hbond substituents is 1. The quantitative estimate of drug-likeness (QED) is 0.851. The second-order valence-electron chi connectivity index (χ2n) is 5.35. The van der Waals surface area contributed by atoms with Gasteiger partial charge in [0.2, 0.25) is 5.91 Å². The lowest BCUT2D eigenvalue weighted by Crippen LogP contribution is -2.58. The van der Waals surface area contributed by atoms with Gasteiger partial charge >= 0.3 is 0 Å². The lowest BCUT2D eigenvalue weighted by atomic mass is 9.78. The van der Waals surface area contributed by atoms with Crippen molar-refractivity contribution in [2.24, 2.45) is 5.92 Å². The van der Waals surface area contributed by atoms with Crippen LogP contribution in [0.3, 0.4) is 0 Å². The molecule has 0 aliphatic carbocycles. The van der Waals surface area contributed by atoms with Crippen molar-refractivity contribution in [3.63, 3.8) is 0 Å². The molecule has 3 rings (SSSR count). The van der Waals surface area contributed by atoms with Gasteiger partial charge in [0.05, 0.1) is 18.1 Å².